The average Bonchev–Trinajstić information content (AvgIpc) is 3.74. The van der Waals surface area contributed by atoms with Crippen LogP contribution >= 0.6 is 0 Å². The zero-order chi connectivity index (χ0) is 50.8. The number of alkyl carbamates (subject to hydrolysis) is 1. The molecular formula is C59H81N3O9. The van der Waals surface area contributed by atoms with Crippen LogP contribution in [0.1, 0.15) is 135 Å². The first-order valence-electron chi connectivity index (χ1n) is 26.4. The lowest BCUT2D eigenvalue weighted by Gasteiger charge is -2.58. The molecule has 3 saturated carbocycles. The van der Waals surface area contributed by atoms with E-state index in [9.17, 15) is 19.2 Å². The first-order valence-corrected chi connectivity index (χ1v) is 26.4. The summed E-state index contributed by atoms with van der Waals surface area (Å²) in [5.41, 5.74) is 3.12. The van der Waals surface area contributed by atoms with Crippen molar-refractivity contribution in [3.63, 3.8) is 0 Å². The van der Waals surface area contributed by atoms with E-state index >= 15 is 0 Å². The lowest BCUT2D eigenvalue weighted by Crippen LogP contribution is -2.51. The normalized spacial score (nSPS) is 25.5. The van der Waals surface area contributed by atoms with Crippen molar-refractivity contribution in [3.05, 3.63) is 107 Å². The smallest absolute Gasteiger partial charge is 0.407 e. The molecule has 4 aliphatic carbocycles. The minimum Gasteiger partial charge on any atom is -0.497 e. The first-order chi connectivity index (χ1) is 34.1. The molecular weight excluding hydrogens is 895 g/mol. The van der Waals surface area contributed by atoms with Crippen LogP contribution in [-0.4, -0.2) is 77.0 Å². The molecule has 386 valence electrons. The third-order valence-corrected chi connectivity index (χ3v) is 17.2. The van der Waals surface area contributed by atoms with Gasteiger partial charge in [-0.05, 0) is 132 Å². The Morgan fingerprint density at radius 3 is 2.04 bits per heavy atom. The Morgan fingerprint density at radius 1 is 0.746 bits per heavy atom. The highest BCUT2D eigenvalue weighted by Crippen LogP contribution is 2.67. The Balaban J connectivity index is 1.00. The van der Waals surface area contributed by atoms with Crippen molar-refractivity contribution < 1.29 is 42.9 Å². The van der Waals surface area contributed by atoms with Gasteiger partial charge in [-0.15, -0.1) is 0 Å². The van der Waals surface area contributed by atoms with Gasteiger partial charge in [-0.25, -0.2) is 4.79 Å². The fourth-order valence-corrected chi connectivity index (χ4v) is 13.4. The fraction of sp³-hybridized carbons (Fsp3) is 0.593. The van der Waals surface area contributed by atoms with Crippen molar-refractivity contribution in [3.8, 4) is 11.5 Å². The molecule has 71 heavy (non-hydrogen) atoms. The zero-order valence-electron chi connectivity index (χ0n) is 43.7. The molecule has 0 aliphatic heterocycles. The summed E-state index contributed by atoms with van der Waals surface area (Å²) in [6.45, 7) is 11.6. The van der Waals surface area contributed by atoms with Crippen LogP contribution in [0.15, 0.2) is 90.5 Å². The summed E-state index contributed by atoms with van der Waals surface area (Å²) in [7, 11) is 4.71. The highest BCUT2D eigenvalue weighted by Gasteiger charge is 2.59. The lowest BCUT2D eigenvalue weighted by atomic mass is 9.47. The van der Waals surface area contributed by atoms with Gasteiger partial charge in [0.15, 0.2) is 0 Å². The van der Waals surface area contributed by atoms with Gasteiger partial charge >= 0.3 is 12.1 Å². The van der Waals surface area contributed by atoms with Crippen molar-refractivity contribution in [2.75, 3.05) is 41.0 Å². The number of ether oxygens (including phenoxy) is 5. The SMILES string of the molecule is CNC(=O)CCC(=O)OCC(COC(c1ccccc1)(c1ccc(OC)cc1)c1ccc(OC)cc1)NC(=O)CNC(=O)O[C@H]1CC[C@@]2(C)C(=CCC3C2CC[C@@]2(C)C3CC[C@@H]2[C@H](C)CCCC(C)C)C1. The Hall–Kier alpha value is -5.36. The van der Waals surface area contributed by atoms with Crippen LogP contribution in [0.2, 0.25) is 0 Å². The van der Waals surface area contributed by atoms with Gasteiger partial charge in [0.1, 0.15) is 36.4 Å². The predicted octanol–water partition coefficient (Wildman–Crippen LogP) is 10.7. The monoisotopic (exact) mass is 976 g/mol. The van der Waals surface area contributed by atoms with Gasteiger partial charge in [-0.3, -0.25) is 14.4 Å². The van der Waals surface area contributed by atoms with Gasteiger partial charge in [0, 0.05) is 19.9 Å². The molecule has 0 heterocycles. The maximum absolute atomic E-state index is 13.8. The topological polar surface area (TPSA) is 151 Å². The second kappa shape index (κ2) is 23.9. The lowest BCUT2D eigenvalue weighted by molar-refractivity contribution is -0.147. The summed E-state index contributed by atoms with van der Waals surface area (Å²) in [6, 6.07) is 24.0. The summed E-state index contributed by atoms with van der Waals surface area (Å²) in [5, 5.41) is 8.14. The predicted molar refractivity (Wildman–Crippen MR) is 276 cm³/mol. The molecule has 4 unspecified atom stereocenters. The number of fused-ring (bicyclic) bond motifs is 5. The van der Waals surface area contributed by atoms with Gasteiger partial charge in [0.25, 0.3) is 0 Å². The summed E-state index contributed by atoms with van der Waals surface area (Å²) in [6.07, 6.45) is 14.3. The van der Waals surface area contributed by atoms with E-state index in [1.165, 1.54) is 57.6 Å². The third-order valence-electron chi connectivity index (χ3n) is 17.2. The molecule has 3 N–H and O–H groups in total. The number of carbonyl (C=O) groups is 4. The van der Waals surface area contributed by atoms with E-state index in [2.05, 4.69) is 56.6 Å². The number of benzene rings is 3. The highest BCUT2D eigenvalue weighted by atomic mass is 16.6. The molecule has 12 nitrogen and oxygen atoms in total. The summed E-state index contributed by atoms with van der Waals surface area (Å²) >= 11 is 0. The number of hydrogen-bond donors (Lipinski definition) is 3. The van der Waals surface area contributed by atoms with Crippen LogP contribution in [0.5, 0.6) is 11.5 Å². The molecule has 3 aromatic carbocycles. The second-order valence-electron chi connectivity index (χ2n) is 21.8. The van der Waals surface area contributed by atoms with Crippen molar-refractivity contribution in [1.29, 1.82) is 0 Å². The molecule has 7 rings (SSSR count). The minimum atomic E-state index is -1.22. The molecule has 9 atom stereocenters. The van der Waals surface area contributed by atoms with Crippen LogP contribution in [0.4, 0.5) is 4.79 Å². The molecule has 0 saturated heterocycles. The fourth-order valence-electron chi connectivity index (χ4n) is 13.4. The number of allylic oxidation sites excluding steroid dienone is 1. The Kier molecular flexibility index (Phi) is 18.0. The molecule has 3 aromatic rings. The molecule has 12 heteroatoms. The van der Waals surface area contributed by atoms with E-state index in [0.717, 1.165) is 65.5 Å². The van der Waals surface area contributed by atoms with Gasteiger partial charge in [-0.2, -0.15) is 0 Å². The van der Waals surface area contributed by atoms with Crippen molar-refractivity contribution in [2.45, 2.75) is 136 Å². The third kappa shape index (κ3) is 12.3. The Bertz CT molecular complexity index is 2230. The molecule has 0 bridgehead atoms. The molecule has 0 aromatic heterocycles. The largest absolute Gasteiger partial charge is 0.497 e. The summed E-state index contributed by atoms with van der Waals surface area (Å²) < 4.78 is 29.7. The van der Waals surface area contributed by atoms with E-state index < -0.39 is 29.6 Å². The number of carbonyl (C=O) groups excluding carboxylic acids is 4. The number of methoxy groups -OCH3 is 2. The molecule has 0 radical (unpaired) electrons. The summed E-state index contributed by atoms with van der Waals surface area (Å²) in [4.78, 5) is 52.0. The number of amides is 3. The Labute approximate surface area is 423 Å². The molecule has 3 amide bonds. The van der Waals surface area contributed by atoms with E-state index in [1.807, 2.05) is 78.9 Å². The van der Waals surface area contributed by atoms with Gasteiger partial charge in [0.05, 0.1) is 33.3 Å². The molecule has 4 aliphatic rings. The summed E-state index contributed by atoms with van der Waals surface area (Å²) in [5.74, 6) is 4.44. The Morgan fingerprint density at radius 2 is 1.41 bits per heavy atom. The van der Waals surface area contributed by atoms with Crippen LogP contribution < -0.4 is 25.4 Å². The maximum Gasteiger partial charge on any atom is 0.407 e. The molecule has 0 spiro atoms. The van der Waals surface area contributed by atoms with Gasteiger partial charge in [0.2, 0.25) is 11.8 Å². The number of rotatable bonds is 22. The van der Waals surface area contributed by atoms with Gasteiger partial charge in [-0.1, -0.05) is 120 Å². The minimum absolute atomic E-state index is 0.0435. The highest BCUT2D eigenvalue weighted by molar-refractivity contribution is 5.83. The van der Waals surface area contributed by atoms with Crippen LogP contribution in [0.25, 0.3) is 0 Å². The second-order valence-corrected chi connectivity index (χ2v) is 21.8. The average molecular weight is 976 g/mol. The number of esters is 1. The maximum atomic E-state index is 13.8. The quantitative estimate of drug-likeness (QED) is 0.0508. The van der Waals surface area contributed by atoms with Crippen molar-refractivity contribution in [1.82, 2.24) is 16.0 Å². The molecule has 3 fully saturated rings. The number of nitrogens with one attached hydrogen (secondary N) is 3. The standard InChI is InChI=1S/C59H81N3O9/c1-39(2)13-12-14-40(3)50-27-28-51-49-26-21-44-35-48(31-33-57(44,4)52(49)32-34-58(50,51)5)71-56(66)61-36-54(64)62-45(37-69-55(65)30-29-53(63)60-6)38-70-59(41-15-10-9-11-16-41,42-17-22-46(67-7)23-18-42)43-19-24-47(68-8)25-20-43/h9-11,15-25,39-40,45,48-52H,12-14,26-38H2,1-8H3,(H,60,63)(H,61,66)(H,62,64)/t40-,45?,48+,49?,50-,51?,52?,57+,58-/m1/s1. The van der Waals surface area contributed by atoms with E-state index in [0.29, 0.717) is 29.3 Å². The van der Waals surface area contributed by atoms with Crippen LogP contribution in [0.3, 0.4) is 0 Å². The van der Waals surface area contributed by atoms with E-state index in [4.69, 9.17) is 23.7 Å². The first kappa shape index (κ1) is 53.4. The van der Waals surface area contributed by atoms with Crippen LogP contribution in [-0.2, 0) is 34.2 Å². The number of hydrogen-bond acceptors (Lipinski definition) is 9. The van der Waals surface area contributed by atoms with Crippen molar-refractivity contribution in [2.24, 2.45) is 46.3 Å². The van der Waals surface area contributed by atoms with E-state index in [-0.39, 0.29) is 50.0 Å². The zero-order valence-corrected chi connectivity index (χ0v) is 43.7. The van der Waals surface area contributed by atoms with Crippen LogP contribution in [0, 0.1) is 46.3 Å². The van der Waals surface area contributed by atoms with Gasteiger partial charge < -0.3 is 39.6 Å². The van der Waals surface area contributed by atoms with Crippen molar-refractivity contribution >= 4 is 23.9 Å². The van der Waals surface area contributed by atoms with E-state index in [1.54, 1.807) is 14.2 Å².